The SMILES string of the molecule is CSCc1ccc(CNCC2(C)CCN(C)CC2)o1. The molecular formula is C15H26N2OS. The Hall–Kier alpha value is -0.450. The molecule has 1 aliphatic heterocycles. The van der Waals surface area contributed by atoms with Crippen LogP contribution in [0, 0.1) is 5.41 Å². The number of hydrogen-bond acceptors (Lipinski definition) is 4. The highest BCUT2D eigenvalue weighted by Crippen LogP contribution is 2.29. The van der Waals surface area contributed by atoms with Crippen molar-refractivity contribution in [1.82, 2.24) is 10.2 Å². The average Bonchev–Trinajstić information content (AvgIpc) is 2.82. The van der Waals surface area contributed by atoms with E-state index in [2.05, 4.69) is 42.6 Å². The van der Waals surface area contributed by atoms with Crippen LogP contribution in [0.25, 0.3) is 0 Å². The van der Waals surface area contributed by atoms with E-state index in [-0.39, 0.29) is 0 Å². The number of likely N-dealkylation sites (tertiary alicyclic amines) is 1. The number of rotatable bonds is 6. The van der Waals surface area contributed by atoms with Crippen molar-refractivity contribution in [1.29, 1.82) is 0 Å². The van der Waals surface area contributed by atoms with Gasteiger partial charge in [0.05, 0.1) is 12.3 Å². The summed E-state index contributed by atoms with van der Waals surface area (Å²) in [6.07, 6.45) is 4.67. The lowest BCUT2D eigenvalue weighted by atomic mass is 9.80. The Morgan fingerprint density at radius 3 is 2.68 bits per heavy atom. The zero-order valence-corrected chi connectivity index (χ0v) is 13.2. The van der Waals surface area contributed by atoms with Crippen LogP contribution >= 0.6 is 11.8 Å². The van der Waals surface area contributed by atoms with E-state index in [1.165, 1.54) is 25.9 Å². The molecule has 2 rings (SSSR count). The van der Waals surface area contributed by atoms with Gasteiger partial charge >= 0.3 is 0 Å². The van der Waals surface area contributed by atoms with E-state index in [9.17, 15) is 0 Å². The first-order valence-corrected chi connectivity index (χ1v) is 8.46. The zero-order valence-electron chi connectivity index (χ0n) is 12.4. The fourth-order valence-corrected chi connectivity index (χ4v) is 3.00. The second kappa shape index (κ2) is 6.82. The van der Waals surface area contributed by atoms with Crippen molar-refractivity contribution in [2.75, 3.05) is 32.9 Å². The molecule has 1 fully saturated rings. The first kappa shape index (κ1) is 14.9. The molecule has 0 aliphatic carbocycles. The van der Waals surface area contributed by atoms with Crippen LogP contribution in [0.2, 0.25) is 0 Å². The molecule has 1 aliphatic rings. The average molecular weight is 282 g/mol. The normalized spacial score (nSPS) is 19.7. The number of furan rings is 1. The molecule has 1 aromatic heterocycles. The maximum absolute atomic E-state index is 5.77. The van der Waals surface area contributed by atoms with Gasteiger partial charge in [0.25, 0.3) is 0 Å². The van der Waals surface area contributed by atoms with Gasteiger partial charge in [-0.2, -0.15) is 11.8 Å². The summed E-state index contributed by atoms with van der Waals surface area (Å²) in [5.74, 6) is 3.10. The lowest BCUT2D eigenvalue weighted by Gasteiger charge is -2.38. The highest BCUT2D eigenvalue weighted by molar-refractivity contribution is 7.97. The van der Waals surface area contributed by atoms with Crippen LogP contribution in [0.3, 0.4) is 0 Å². The van der Waals surface area contributed by atoms with Crippen molar-refractivity contribution < 1.29 is 4.42 Å². The van der Waals surface area contributed by atoms with Gasteiger partial charge in [0.2, 0.25) is 0 Å². The fraction of sp³-hybridized carbons (Fsp3) is 0.733. The molecule has 1 aromatic rings. The van der Waals surface area contributed by atoms with Crippen molar-refractivity contribution in [2.45, 2.75) is 32.1 Å². The number of piperidine rings is 1. The lowest BCUT2D eigenvalue weighted by molar-refractivity contribution is 0.136. The highest BCUT2D eigenvalue weighted by Gasteiger charge is 2.28. The van der Waals surface area contributed by atoms with Crippen molar-refractivity contribution >= 4 is 11.8 Å². The molecule has 0 spiro atoms. The molecule has 0 aromatic carbocycles. The van der Waals surface area contributed by atoms with Crippen molar-refractivity contribution in [3.63, 3.8) is 0 Å². The Morgan fingerprint density at radius 1 is 1.32 bits per heavy atom. The molecule has 2 heterocycles. The van der Waals surface area contributed by atoms with E-state index in [4.69, 9.17) is 4.42 Å². The van der Waals surface area contributed by atoms with Crippen LogP contribution in [0.1, 0.15) is 31.3 Å². The summed E-state index contributed by atoms with van der Waals surface area (Å²) < 4.78 is 5.77. The maximum atomic E-state index is 5.77. The van der Waals surface area contributed by atoms with E-state index >= 15 is 0 Å². The third kappa shape index (κ3) is 4.55. The molecule has 0 amide bonds. The fourth-order valence-electron chi connectivity index (χ4n) is 2.56. The van der Waals surface area contributed by atoms with Gasteiger partial charge in [0, 0.05) is 6.54 Å². The molecule has 0 atom stereocenters. The molecule has 19 heavy (non-hydrogen) atoms. The number of nitrogens with zero attached hydrogens (tertiary/aromatic N) is 1. The predicted molar refractivity (Wildman–Crippen MR) is 82.5 cm³/mol. The first-order valence-electron chi connectivity index (χ1n) is 7.07. The molecule has 108 valence electrons. The number of hydrogen-bond donors (Lipinski definition) is 1. The quantitative estimate of drug-likeness (QED) is 0.868. The monoisotopic (exact) mass is 282 g/mol. The second-order valence-electron chi connectivity index (χ2n) is 6.02. The Labute approximate surface area is 121 Å². The van der Waals surface area contributed by atoms with E-state index < -0.39 is 0 Å². The minimum absolute atomic E-state index is 0.446. The third-order valence-corrected chi connectivity index (χ3v) is 4.62. The smallest absolute Gasteiger partial charge is 0.118 e. The summed E-state index contributed by atoms with van der Waals surface area (Å²) in [6, 6.07) is 4.18. The first-order chi connectivity index (χ1) is 9.11. The second-order valence-corrected chi connectivity index (χ2v) is 6.88. The van der Waals surface area contributed by atoms with Gasteiger partial charge in [-0.3, -0.25) is 0 Å². The van der Waals surface area contributed by atoms with E-state index in [0.717, 1.165) is 30.4 Å². The maximum Gasteiger partial charge on any atom is 0.118 e. The Bertz CT molecular complexity index is 383. The van der Waals surface area contributed by atoms with Crippen LogP contribution in [0.4, 0.5) is 0 Å². The number of nitrogens with one attached hydrogen (secondary N) is 1. The lowest BCUT2D eigenvalue weighted by Crippen LogP contribution is -2.41. The molecule has 4 heteroatoms. The molecule has 0 saturated carbocycles. The van der Waals surface area contributed by atoms with E-state index in [1.54, 1.807) is 11.8 Å². The molecule has 1 N–H and O–H groups in total. The Kier molecular flexibility index (Phi) is 5.37. The van der Waals surface area contributed by atoms with Crippen molar-refractivity contribution in [3.8, 4) is 0 Å². The van der Waals surface area contributed by atoms with Crippen LogP contribution in [-0.2, 0) is 12.3 Å². The van der Waals surface area contributed by atoms with Crippen molar-refractivity contribution in [3.05, 3.63) is 23.7 Å². The molecule has 0 radical (unpaired) electrons. The molecule has 1 saturated heterocycles. The van der Waals surface area contributed by atoms with Crippen LogP contribution in [-0.4, -0.2) is 37.8 Å². The van der Waals surface area contributed by atoms with E-state index in [0.29, 0.717) is 5.41 Å². The summed E-state index contributed by atoms with van der Waals surface area (Å²) in [4.78, 5) is 2.42. The van der Waals surface area contributed by atoms with Crippen molar-refractivity contribution in [2.24, 2.45) is 5.41 Å². The molecule has 3 nitrogen and oxygen atoms in total. The minimum Gasteiger partial charge on any atom is -0.464 e. The van der Waals surface area contributed by atoms with Gasteiger partial charge in [-0.15, -0.1) is 0 Å². The van der Waals surface area contributed by atoms with Gasteiger partial charge in [0.1, 0.15) is 11.5 Å². The third-order valence-electron chi connectivity index (χ3n) is 4.05. The topological polar surface area (TPSA) is 28.4 Å². The van der Waals surface area contributed by atoms with E-state index in [1.807, 2.05) is 0 Å². The highest BCUT2D eigenvalue weighted by atomic mass is 32.2. The summed E-state index contributed by atoms with van der Waals surface area (Å²) in [5, 5.41) is 3.56. The van der Waals surface area contributed by atoms with Crippen LogP contribution in [0.15, 0.2) is 16.5 Å². The Morgan fingerprint density at radius 2 is 2.00 bits per heavy atom. The van der Waals surface area contributed by atoms with Gasteiger partial charge in [-0.05, 0) is 56.8 Å². The predicted octanol–water partition coefficient (Wildman–Crippen LogP) is 2.96. The number of thioether (sulfide) groups is 1. The molecule has 0 unspecified atom stereocenters. The largest absolute Gasteiger partial charge is 0.464 e. The van der Waals surface area contributed by atoms with Crippen LogP contribution < -0.4 is 5.32 Å². The summed E-state index contributed by atoms with van der Waals surface area (Å²) >= 11 is 1.80. The van der Waals surface area contributed by atoms with Gasteiger partial charge in [-0.1, -0.05) is 6.92 Å². The van der Waals surface area contributed by atoms with Gasteiger partial charge < -0.3 is 14.6 Å². The molecular weight excluding hydrogens is 256 g/mol. The van der Waals surface area contributed by atoms with Gasteiger partial charge in [0.15, 0.2) is 0 Å². The summed E-state index contributed by atoms with van der Waals surface area (Å²) in [7, 11) is 2.21. The van der Waals surface area contributed by atoms with Gasteiger partial charge in [-0.25, -0.2) is 0 Å². The van der Waals surface area contributed by atoms with Crippen LogP contribution in [0.5, 0.6) is 0 Å². The molecule has 0 bridgehead atoms. The summed E-state index contributed by atoms with van der Waals surface area (Å²) in [6.45, 7) is 6.76. The zero-order chi connectivity index (χ0) is 13.7. The minimum atomic E-state index is 0.446. The summed E-state index contributed by atoms with van der Waals surface area (Å²) in [5.41, 5.74) is 0.446. The standard InChI is InChI=1S/C15H26N2OS/c1-15(6-8-17(2)9-7-15)12-16-10-13-4-5-14(18-13)11-19-3/h4-5,16H,6-12H2,1-3H3. The Balaban J connectivity index is 1.73.